The minimum atomic E-state index is -0.188. The predicted octanol–water partition coefficient (Wildman–Crippen LogP) is 2.27. The molecule has 0 bridgehead atoms. The van der Waals surface area contributed by atoms with Crippen molar-refractivity contribution in [2.45, 2.75) is 6.92 Å². The number of benzene rings is 1. The van der Waals surface area contributed by atoms with E-state index in [1.807, 2.05) is 13.0 Å². The lowest BCUT2D eigenvalue weighted by Gasteiger charge is -1.87. The Bertz CT molecular complexity index is 368. The Hall–Kier alpha value is -1.35. The summed E-state index contributed by atoms with van der Waals surface area (Å²) in [6.07, 6.45) is 1.80. The van der Waals surface area contributed by atoms with E-state index in [2.05, 4.69) is 4.98 Å². The summed E-state index contributed by atoms with van der Waals surface area (Å²) in [7, 11) is 0. The Morgan fingerprint density at radius 3 is 2.77 bits per heavy atom. The fraction of sp³-hybridized carbons (Fsp3) is 0.200. The molecule has 0 fully saturated rings. The fourth-order valence-corrected chi connectivity index (χ4v) is 1.02. The number of hydrogen-bond donors (Lipinski definition) is 2. The molecule has 0 unspecified atom stereocenters. The van der Waals surface area contributed by atoms with E-state index in [0.29, 0.717) is 0 Å². The molecule has 0 aliphatic heterocycles. The minimum Gasteiger partial charge on any atom is -0.361 e. The summed E-state index contributed by atoms with van der Waals surface area (Å²) in [6.45, 7) is 2.65. The Balaban J connectivity index is 0.000000251. The van der Waals surface area contributed by atoms with Crippen LogP contribution in [-0.2, 0) is 0 Å². The summed E-state index contributed by atoms with van der Waals surface area (Å²) in [6, 6.07) is 6.52. The Morgan fingerprint density at radius 1 is 1.38 bits per heavy atom. The predicted molar refractivity (Wildman–Crippen MR) is 53.0 cm³/mol. The second-order valence-corrected chi connectivity index (χ2v) is 2.62. The topological polar surface area (TPSA) is 41.8 Å². The van der Waals surface area contributed by atoms with Gasteiger partial charge in [-0.15, -0.1) is 0 Å². The van der Waals surface area contributed by atoms with Crippen molar-refractivity contribution in [1.82, 2.24) is 4.98 Å². The monoisotopic (exact) mass is 180 g/mol. The summed E-state index contributed by atoms with van der Waals surface area (Å²) in [5.74, 6) is -0.188. The van der Waals surface area contributed by atoms with Crippen LogP contribution in [0.5, 0.6) is 0 Å². The number of hydrogen-bond acceptors (Lipinski definition) is 1. The van der Waals surface area contributed by atoms with E-state index < -0.39 is 0 Å². The van der Waals surface area contributed by atoms with E-state index in [1.54, 1.807) is 12.3 Å². The third-order valence-electron chi connectivity index (χ3n) is 1.52. The second-order valence-electron chi connectivity index (χ2n) is 2.62. The first kappa shape index (κ1) is 9.74. The van der Waals surface area contributed by atoms with Crippen molar-refractivity contribution in [1.29, 1.82) is 0 Å². The lowest BCUT2D eigenvalue weighted by molar-refractivity contribution is 0.630. The van der Waals surface area contributed by atoms with Crippen LogP contribution < -0.4 is 5.73 Å². The van der Waals surface area contributed by atoms with Crippen molar-refractivity contribution in [3.05, 3.63) is 36.3 Å². The molecule has 2 nitrogen and oxygen atoms in total. The van der Waals surface area contributed by atoms with Gasteiger partial charge in [0.25, 0.3) is 0 Å². The molecule has 0 amide bonds. The molecule has 70 valence electrons. The van der Waals surface area contributed by atoms with Gasteiger partial charge in [0.2, 0.25) is 0 Å². The number of nitrogens with two attached hydrogens (primary N) is 1. The number of nitrogens with one attached hydrogen (secondary N) is 1. The zero-order valence-corrected chi connectivity index (χ0v) is 7.55. The number of halogens is 1. The van der Waals surface area contributed by atoms with Crippen LogP contribution in [0.25, 0.3) is 10.9 Å². The van der Waals surface area contributed by atoms with Crippen LogP contribution in [0, 0.1) is 5.82 Å². The van der Waals surface area contributed by atoms with Crippen LogP contribution in [0.1, 0.15) is 6.92 Å². The van der Waals surface area contributed by atoms with Gasteiger partial charge in [0.15, 0.2) is 0 Å². The zero-order chi connectivity index (χ0) is 9.68. The van der Waals surface area contributed by atoms with Crippen molar-refractivity contribution < 1.29 is 4.39 Å². The number of aromatic amines is 1. The third-order valence-corrected chi connectivity index (χ3v) is 1.52. The van der Waals surface area contributed by atoms with Crippen molar-refractivity contribution in [2.24, 2.45) is 5.73 Å². The average Bonchev–Trinajstić information content (AvgIpc) is 2.52. The second kappa shape index (κ2) is 4.62. The van der Waals surface area contributed by atoms with Crippen molar-refractivity contribution >= 4 is 10.9 Å². The summed E-state index contributed by atoms with van der Waals surface area (Å²) >= 11 is 0. The molecule has 0 aliphatic rings. The lowest BCUT2D eigenvalue weighted by atomic mass is 10.2. The number of H-pyrrole nitrogens is 1. The van der Waals surface area contributed by atoms with Crippen LogP contribution in [0.2, 0.25) is 0 Å². The maximum Gasteiger partial charge on any atom is 0.123 e. The van der Waals surface area contributed by atoms with E-state index in [-0.39, 0.29) is 5.82 Å². The van der Waals surface area contributed by atoms with E-state index in [1.165, 1.54) is 12.1 Å². The maximum absolute atomic E-state index is 12.5. The van der Waals surface area contributed by atoms with Gasteiger partial charge in [-0.05, 0) is 30.8 Å². The van der Waals surface area contributed by atoms with Crippen LogP contribution in [-0.4, -0.2) is 11.5 Å². The summed E-state index contributed by atoms with van der Waals surface area (Å²) < 4.78 is 12.5. The van der Waals surface area contributed by atoms with Crippen LogP contribution in [0.3, 0.4) is 0 Å². The summed E-state index contributed by atoms with van der Waals surface area (Å²) in [5.41, 5.74) is 5.82. The average molecular weight is 180 g/mol. The van der Waals surface area contributed by atoms with Gasteiger partial charge >= 0.3 is 0 Å². The van der Waals surface area contributed by atoms with Crippen molar-refractivity contribution in [3.63, 3.8) is 0 Å². The molecule has 3 N–H and O–H groups in total. The highest BCUT2D eigenvalue weighted by Crippen LogP contribution is 2.12. The van der Waals surface area contributed by atoms with E-state index in [0.717, 1.165) is 17.4 Å². The van der Waals surface area contributed by atoms with Crippen LogP contribution in [0.15, 0.2) is 30.5 Å². The summed E-state index contributed by atoms with van der Waals surface area (Å²) in [5, 5.41) is 0.917. The highest BCUT2D eigenvalue weighted by Gasteiger charge is 1.93. The minimum absolute atomic E-state index is 0.188. The smallest absolute Gasteiger partial charge is 0.123 e. The number of rotatable bonds is 0. The first-order valence-electron chi connectivity index (χ1n) is 4.20. The van der Waals surface area contributed by atoms with Gasteiger partial charge in [0.05, 0.1) is 0 Å². The molecule has 1 aromatic heterocycles. The fourth-order valence-electron chi connectivity index (χ4n) is 1.02. The molecular weight excluding hydrogens is 167 g/mol. The molecule has 1 aromatic carbocycles. The van der Waals surface area contributed by atoms with Gasteiger partial charge < -0.3 is 10.7 Å². The molecule has 0 aliphatic carbocycles. The number of fused-ring (bicyclic) bond motifs is 1. The van der Waals surface area contributed by atoms with E-state index >= 15 is 0 Å². The zero-order valence-electron chi connectivity index (χ0n) is 7.55. The molecule has 2 aromatic rings. The molecular formula is C10H13FN2. The van der Waals surface area contributed by atoms with E-state index in [9.17, 15) is 4.39 Å². The quantitative estimate of drug-likeness (QED) is 0.641. The molecule has 0 saturated heterocycles. The normalized spacial score (nSPS) is 9.46. The Morgan fingerprint density at radius 2 is 2.08 bits per heavy atom. The molecule has 0 saturated carbocycles. The van der Waals surface area contributed by atoms with Gasteiger partial charge in [-0.2, -0.15) is 0 Å². The molecule has 0 spiro atoms. The van der Waals surface area contributed by atoms with Crippen LogP contribution >= 0.6 is 0 Å². The molecule has 13 heavy (non-hydrogen) atoms. The molecule has 0 atom stereocenters. The SMILES string of the molecule is CCN.Fc1ccc2[nH]ccc2c1. The standard InChI is InChI=1S/C8H6FN.C2H7N/c9-7-1-2-8-6(5-7)3-4-10-8;1-2-3/h1-5,10H;2-3H2,1H3. The first-order chi connectivity index (χ1) is 6.27. The first-order valence-corrected chi connectivity index (χ1v) is 4.20. The van der Waals surface area contributed by atoms with Crippen molar-refractivity contribution in [3.8, 4) is 0 Å². The van der Waals surface area contributed by atoms with Crippen LogP contribution in [0.4, 0.5) is 4.39 Å². The van der Waals surface area contributed by atoms with Gasteiger partial charge in [-0.1, -0.05) is 6.92 Å². The Kier molecular flexibility index (Phi) is 3.46. The highest BCUT2D eigenvalue weighted by molar-refractivity contribution is 5.78. The van der Waals surface area contributed by atoms with Gasteiger partial charge in [0.1, 0.15) is 5.82 Å². The molecule has 2 rings (SSSR count). The largest absolute Gasteiger partial charge is 0.361 e. The van der Waals surface area contributed by atoms with Gasteiger partial charge in [0, 0.05) is 17.1 Å². The lowest BCUT2D eigenvalue weighted by Crippen LogP contribution is -1.87. The summed E-state index contributed by atoms with van der Waals surface area (Å²) in [4.78, 5) is 2.98. The Labute approximate surface area is 76.6 Å². The third kappa shape index (κ3) is 2.56. The van der Waals surface area contributed by atoms with Gasteiger partial charge in [-0.25, -0.2) is 4.39 Å². The molecule has 0 radical (unpaired) electrons. The maximum atomic E-state index is 12.5. The number of aromatic nitrogens is 1. The van der Waals surface area contributed by atoms with E-state index in [4.69, 9.17) is 5.73 Å². The van der Waals surface area contributed by atoms with Gasteiger partial charge in [-0.3, -0.25) is 0 Å². The molecule has 3 heteroatoms. The van der Waals surface area contributed by atoms with Crippen molar-refractivity contribution in [2.75, 3.05) is 6.54 Å². The molecule has 1 heterocycles. The highest BCUT2D eigenvalue weighted by atomic mass is 19.1.